The summed E-state index contributed by atoms with van der Waals surface area (Å²) in [4.78, 5) is 31.6. The Kier molecular flexibility index (Phi) is 8.26. The lowest BCUT2D eigenvalue weighted by Crippen LogP contribution is -2.36. The fourth-order valence-electron chi connectivity index (χ4n) is 3.73. The number of ketones is 1. The summed E-state index contributed by atoms with van der Waals surface area (Å²) in [5.74, 6) is -0.776. The highest BCUT2D eigenvalue weighted by Crippen LogP contribution is 2.21. The van der Waals surface area contributed by atoms with Gasteiger partial charge in [0.2, 0.25) is 5.78 Å². The Balaban J connectivity index is 1.71. The average Bonchev–Trinajstić information content (AvgIpc) is 3.09. The first kappa shape index (κ1) is 22.3. The van der Waals surface area contributed by atoms with E-state index in [1.807, 2.05) is 0 Å². The quantitative estimate of drug-likeness (QED) is 0.521. The predicted octanol–water partition coefficient (Wildman–Crippen LogP) is 4.83. The van der Waals surface area contributed by atoms with Crippen molar-refractivity contribution in [1.82, 2.24) is 4.98 Å². The second-order valence-electron chi connectivity index (χ2n) is 7.76. The number of aliphatic imine (C=N–C) groups is 1. The first-order valence-electron chi connectivity index (χ1n) is 10.9. The number of halogens is 1. The van der Waals surface area contributed by atoms with Gasteiger partial charge in [0.25, 0.3) is 0 Å². The number of hydrogen-bond donors (Lipinski definition) is 1. The van der Waals surface area contributed by atoms with E-state index in [0.29, 0.717) is 39.2 Å². The lowest BCUT2D eigenvalue weighted by molar-refractivity contribution is -0.107. The minimum atomic E-state index is -0.554. The van der Waals surface area contributed by atoms with Crippen LogP contribution in [0, 0.1) is 0 Å². The maximum atomic E-state index is 12.7. The number of unbranched alkanes of at least 4 members (excludes halogenated alkanes) is 8. The molecule has 1 aliphatic carbocycles. The lowest BCUT2D eigenvalue weighted by atomic mass is 9.96. The molecule has 0 fully saturated rings. The van der Waals surface area contributed by atoms with Crippen LogP contribution in [0.15, 0.2) is 38.5 Å². The van der Waals surface area contributed by atoms with Crippen molar-refractivity contribution in [2.75, 3.05) is 0 Å². The van der Waals surface area contributed by atoms with Crippen LogP contribution in [0.25, 0.3) is 11.6 Å². The van der Waals surface area contributed by atoms with E-state index >= 15 is 0 Å². The molecule has 5 nitrogen and oxygen atoms in total. The van der Waals surface area contributed by atoms with E-state index in [4.69, 9.17) is 16.0 Å². The fraction of sp³-hybridized carbons (Fsp3) is 0.458. The number of hydrogen-bond acceptors (Lipinski definition) is 4. The minimum absolute atomic E-state index is 0.222. The van der Waals surface area contributed by atoms with Crippen molar-refractivity contribution in [3.63, 3.8) is 0 Å². The van der Waals surface area contributed by atoms with Gasteiger partial charge in [-0.15, -0.1) is 0 Å². The number of H-pyrrole nitrogens is 1. The van der Waals surface area contributed by atoms with Gasteiger partial charge in [-0.1, -0.05) is 69.9 Å². The Morgan fingerprint density at radius 3 is 2.23 bits per heavy atom. The number of Topliss-reactive ketones (excluding diaryl/α,β-unsaturated/α-hetero) is 1. The van der Waals surface area contributed by atoms with Gasteiger partial charge in [0, 0.05) is 16.7 Å². The van der Waals surface area contributed by atoms with Crippen molar-refractivity contribution < 1.29 is 9.21 Å². The number of benzene rings is 1. The Morgan fingerprint density at radius 1 is 0.933 bits per heavy atom. The molecule has 1 aromatic heterocycles. The van der Waals surface area contributed by atoms with Crippen LogP contribution in [0.1, 0.15) is 71.1 Å². The Morgan fingerprint density at radius 2 is 1.57 bits per heavy atom. The Hall–Kier alpha value is -2.40. The molecule has 1 aliphatic rings. The van der Waals surface area contributed by atoms with E-state index in [2.05, 4.69) is 16.9 Å². The monoisotopic (exact) mass is 428 g/mol. The molecule has 1 N–H and O–H groups in total. The van der Waals surface area contributed by atoms with Crippen LogP contribution in [0.3, 0.4) is 0 Å². The van der Waals surface area contributed by atoms with E-state index in [1.165, 1.54) is 51.0 Å². The highest BCUT2D eigenvalue weighted by atomic mass is 35.5. The molecule has 0 radical (unpaired) electrons. The molecule has 6 heteroatoms. The summed E-state index contributed by atoms with van der Waals surface area (Å²) in [5, 5.41) is 1.05. The number of aromatic nitrogens is 1. The molecule has 0 bridgehead atoms. The molecule has 160 valence electrons. The molecule has 0 amide bonds. The molecule has 0 spiro atoms. The number of oxazole rings is 1. The molecule has 0 saturated carbocycles. The highest BCUT2D eigenvalue weighted by Gasteiger charge is 2.22. The molecular formula is C24H29ClN2O3. The van der Waals surface area contributed by atoms with E-state index in [1.54, 1.807) is 24.3 Å². The Bertz CT molecular complexity index is 1060. The van der Waals surface area contributed by atoms with Crippen LogP contribution < -0.4 is 16.5 Å². The van der Waals surface area contributed by atoms with E-state index < -0.39 is 5.76 Å². The summed E-state index contributed by atoms with van der Waals surface area (Å²) in [5.41, 5.74) is 2.12. The second-order valence-corrected chi connectivity index (χ2v) is 8.20. The van der Waals surface area contributed by atoms with Gasteiger partial charge in [0.05, 0.1) is 11.0 Å². The summed E-state index contributed by atoms with van der Waals surface area (Å²) in [7, 11) is 0. The molecule has 0 saturated heterocycles. The third kappa shape index (κ3) is 6.05. The number of fused-ring (bicyclic) bond motifs is 1. The topological polar surface area (TPSA) is 75.4 Å². The number of nitrogens with zero attached hydrogens (tertiary/aromatic N) is 1. The van der Waals surface area contributed by atoms with Crippen molar-refractivity contribution in [2.45, 2.75) is 71.1 Å². The van der Waals surface area contributed by atoms with Gasteiger partial charge >= 0.3 is 5.76 Å². The van der Waals surface area contributed by atoms with Crippen LogP contribution in [-0.4, -0.2) is 16.5 Å². The zero-order chi connectivity index (χ0) is 21.3. The lowest BCUT2D eigenvalue weighted by Gasteiger charge is -2.11. The highest BCUT2D eigenvalue weighted by molar-refractivity contribution is 6.62. The van der Waals surface area contributed by atoms with Crippen LogP contribution in [0.2, 0.25) is 5.02 Å². The summed E-state index contributed by atoms with van der Waals surface area (Å²) in [6.45, 7) is 2.23. The van der Waals surface area contributed by atoms with Gasteiger partial charge in [-0.05, 0) is 37.1 Å². The summed E-state index contributed by atoms with van der Waals surface area (Å²) in [6, 6.07) is 7.00. The smallest absolute Gasteiger partial charge is 0.407 e. The number of nitrogens with one attached hydrogen (secondary N) is 1. The van der Waals surface area contributed by atoms with Gasteiger partial charge in [0.1, 0.15) is 5.71 Å². The van der Waals surface area contributed by atoms with Crippen molar-refractivity contribution in [3.8, 4) is 0 Å². The normalized spacial score (nSPS) is 14.8. The standard InChI is InChI=1S/C24H29ClN2O3/c1-2-3-4-5-6-7-8-9-10-11-19-22(26-18-14-12-17(25)13-15-18)21(28)16-20-23(19)30-24(29)27-20/h12-16H,2-11H2,1H3,(H,27,29). The Labute approximate surface area is 181 Å². The molecule has 1 heterocycles. The molecule has 0 atom stereocenters. The number of carbonyl (C=O) groups excluding carboxylic acids is 1. The van der Waals surface area contributed by atoms with Crippen molar-refractivity contribution in [2.24, 2.45) is 4.99 Å². The van der Waals surface area contributed by atoms with Crippen molar-refractivity contribution in [1.29, 1.82) is 0 Å². The van der Waals surface area contributed by atoms with Crippen LogP contribution >= 0.6 is 11.6 Å². The first-order valence-corrected chi connectivity index (χ1v) is 11.3. The second kappa shape index (κ2) is 11.1. The third-order valence-corrected chi connectivity index (χ3v) is 5.59. The molecule has 0 unspecified atom stereocenters. The zero-order valence-corrected chi connectivity index (χ0v) is 18.3. The van der Waals surface area contributed by atoms with Gasteiger partial charge in [-0.25, -0.2) is 9.79 Å². The number of carbonyl (C=O) groups is 1. The van der Waals surface area contributed by atoms with Crippen LogP contribution in [0.4, 0.5) is 5.69 Å². The average molecular weight is 429 g/mol. The van der Waals surface area contributed by atoms with Crippen molar-refractivity contribution >= 4 is 40.4 Å². The SMILES string of the molecule is CCCCCCCCCCCC1=c2oc(=O)[nH]c2=CC(=O)C1=Nc1ccc(Cl)cc1. The molecule has 30 heavy (non-hydrogen) atoms. The maximum absolute atomic E-state index is 12.7. The first-order chi connectivity index (χ1) is 14.6. The fourth-order valence-corrected chi connectivity index (χ4v) is 3.86. The third-order valence-electron chi connectivity index (χ3n) is 5.34. The zero-order valence-electron chi connectivity index (χ0n) is 17.5. The number of rotatable bonds is 11. The largest absolute Gasteiger partial charge is 0.417 e. The molecule has 3 rings (SSSR count). The summed E-state index contributed by atoms with van der Waals surface area (Å²) in [6.07, 6.45) is 13.0. The predicted molar refractivity (Wildman–Crippen MR) is 122 cm³/mol. The van der Waals surface area contributed by atoms with E-state index in [0.717, 1.165) is 12.8 Å². The minimum Gasteiger partial charge on any atom is -0.407 e. The van der Waals surface area contributed by atoms with Gasteiger partial charge in [-0.3, -0.25) is 9.78 Å². The molecule has 0 aliphatic heterocycles. The maximum Gasteiger partial charge on any atom is 0.417 e. The van der Waals surface area contributed by atoms with Gasteiger partial charge < -0.3 is 4.42 Å². The van der Waals surface area contributed by atoms with Gasteiger partial charge in [0.15, 0.2) is 5.42 Å². The van der Waals surface area contributed by atoms with Crippen LogP contribution in [0.5, 0.6) is 0 Å². The van der Waals surface area contributed by atoms with Gasteiger partial charge in [-0.2, -0.15) is 0 Å². The summed E-state index contributed by atoms with van der Waals surface area (Å²) < 4.78 is 5.35. The molecule has 1 aromatic carbocycles. The van der Waals surface area contributed by atoms with Crippen molar-refractivity contribution in [3.05, 3.63) is 50.6 Å². The number of aromatic amines is 1. The summed E-state index contributed by atoms with van der Waals surface area (Å²) >= 11 is 5.95. The van der Waals surface area contributed by atoms with E-state index in [9.17, 15) is 9.59 Å². The van der Waals surface area contributed by atoms with E-state index in [-0.39, 0.29) is 5.78 Å². The van der Waals surface area contributed by atoms with Crippen LogP contribution in [-0.2, 0) is 4.79 Å². The molecular weight excluding hydrogens is 400 g/mol. The molecule has 2 aromatic rings.